The summed E-state index contributed by atoms with van der Waals surface area (Å²) < 4.78 is 26.3. The van der Waals surface area contributed by atoms with E-state index in [1.54, 1.807) is 17.5 Å². The van der Waals surface area contributed by atoms with Crippen LogP contribution in [-0.2, 0) is 13.0 Å². The molecule has 96 valence electrons. The molecule has 0 radical (unpaired) electrons. The van der Waals surface area contributed by atoms with Gasteiger partial charge in [-0.2, -0.15) is 0 Å². The maximum Gasteiger partial charge on any atom is 0.150 e. The number of anilines is 1. The first-order valence-corrected chi connectivity index (χ1v) is 6.61. The van der Waals surface area contributed by atoms with Crippen LogP contribution < -0.4 is 5.32 Å². The molecule has 18 heavy (non-hydrogen) atoms. The van der Waals surface area contributed by atoms with Crippen molar-refractivity contribution in [2.24, 2.45) is 0 Å². The number of hydrogen-bond donors (Lipinski definition) is 1. The van der Waals surface area contributed by atoms with E-state index in [0.29, 0.717) is 6.54 Å². The van der Waals surface area contributed by atoms with Crippen molar-refractivity contribution in [3.05, 3.63) is 44.9 Å². The van der Waals surface area contributed by atoms with Crippen LogP contribution in [0.15, 0.2) is 18.3 Å². The van der Waals surface area contributed by atoms with Gasteiger partial charge in [0.15, 0.2) is 5.82 Å². The summed E-state index contributed by atoms with van der Waals surface area (Å²) >= 11 is 7.33. The van der Waals surface area contributed by atoms with Crippen LogP contribution in [0.25, 0.3) is 0 Å². The fourth-order valence-corrected chi connectivity index (χ4v) is 2.54. The molecule has 0 aliphatic rings. The minimum atomic E-state index is -0.694. The lowest BCUT2D eigenvalue weighted by molar-refractivity contribution is 0.585. The quantitative estimate of drug-likeness (QED) is 0.910. The molecule has 1 N–H and O–H groups in total. The molecular formula is C12H11ClF2N2S. The molecular weight excluding hydrogens is 278 g/mol. The number of nitrogens with one attached hydrogen (secondary N) is 1. The number of aryl methyl sites for hydroxylation is 1. The Morgan fingerprint density at radius 1 is 1.39 bits per heavy atom. The largest absolute Gasteiger partial charge is 0.377 e. The van der Waals surface area contributed by atoms with E-state index >= 15 is 0 Å². The lowest BCUT2D eigenvalue weighted by atomic mass is 10.3. The SMILES string of the molecule is CCc1ncc(CNc2c(F)cc(F)cc2Cl)s1. The van der Waals surface area contributed by atoms with Crippen molar-refractivity contribution in [2.45, 2.75) is 19.9 Å². The second-order valence-electron chi connectivity index (χ2n) is 3.67. The first-order valence-electron chi connectivity index (χ1n) is 5.42. The minimum absolute atomic E-state index is 0.0349. The molecule has 0 amide bonds. The smallest absolute Gasteiger partial charge is 0.150 e. The van der Waals surface area contributed by atoms with E-state index < -0.39 is 11.6 Å². The van der Waals surface area contributed by atoms with Gasteiger partial charge in [0.1, 0.15) is 5.82 Å². The normalized spacial score (nSPS) is 10.7. The second kappa shape index (κ2) is 5.63. The molecule has 1 aromatic heterocycles. The average molecular weight is 289 g/mol. The highest BCUT2D eigenvalue weighted by atomic mass is 35.5. The van der Waals surface area contributed by atoms with Gasteiger partial charge in [-0.15, -0.1) is 11.3 Å². The number of nitrogens with zero attached hydrogens (tertiary/aromatic N) is 1. The number of benzene rings is 1. The van der Waals surface area contributed by atoms with Gasteiger partial charge in [0.2, 0.25) is 0 Å². The number of halogens is 3. The number of hydrogen-bond acceptors (Lipinski definition) is 3. The third kappa shape index (κ3) is 2.97. The Kier molecular flexibility index (Phi) is 4.14. The first-order chi connectivity index (χ1) is 8.60. The van der Waals surface area contributed by atoms with Crippen molar-refractivity contribution in [1.29, 1.82) is 0 Å². The minimum Gasteiger partial charge on any atom is -0.377 e. The Morgan fingerprint density at radius 3 is 2.78 bits per heavy atom. The highest BCUT2D eigenvalue weighted by Gasteiger charge is 2.10. The van der Waals surface area contributed by atoms with Gasteiger partial charge in [0.05, 0.1) is 22.3 Å². The summed E-state index contributed by atoms with van der Waals surface area (Å²) in [5.74, 6) is -1.38. The van der Waals surface area contributed by atoms with Gasteiger partial charge in [0.25, 0.3) is 0 Å². The van der Waals surface area contributed by atoms with Crippen LogP contribution in [0.5, 0.6) is 0 Å². The summed E-state index contributed by atoms with van der Waals surface area (Å²) in [6.07, 6.45) is 2.61. The molecule has 1 heterocycles. The molecule has 0 aliphatic heterocycles. The van der Waals surface area contributed by atoms with Crippen LogP contribution in [0.4, 0.5) is 14.5 Å². The molecule has 0 spiro atoms. The molecule has 0 aliphatic carbocycles. The van der Waals surface area contributed by atoms with Crippen LogP contribution in [0.2, 0.25) is 5.02 Å². The van der Waals surface area contributed by atoms with E-state index in [1.165, 1.54) is 0 Å². The van der Waals surface area contributed by atoms with E-state index in [2.05, 4.69) is 10.3 Å². The predicted octanol–water partition coefficient (Wildman–Crippen LogP) is 4.25. The zero-order chi connectivity index (χ0) is 13.1. The van der Waals surface area contributed by atoms with Crippen molar-refractivity contribution in [1.82, 2.24) is 4.98 Å². The van der Waals surface area contributed by atoms with Gasteiger partial charge < -0.3 is 5.32 Å². The molecule has 0 saturated carbocycles. The maximum atomic E-state index is 13.5. The monoisotopic (exact) mass is 288 g/mol. The van der Waals surface area contributed by atoms with Crippen LogP contribution >= 0.6 is 22.9 Å². The Bertz CT molecular complexity index is 534. The molecule has 0 saturated heterocycles. The number of thiazole rings is 1. The first kappa shape index (κ1) is 13.2. The van der Waals surface area contributed by atoms with Crippen LogP contribution in [0.1, 0.15) is 16.8 Å². The lowest BCUT2D eigenvalue weighted by Crippen LogP contribution is -2.01. The van der Waals surface area contributed by atoms with E-state index in [9.17, 15) is 8.78 Å². The van der Waals surface area contributed by atoms with Crippen LogP contribution in [0, 0.1) is 11.6 Å². The third-order valence-electron chi connectivity index (χ3n) is 2.35. The molecule has 0 fully saturated rings. The number of aromatic nitrogens is 1. The summed E-state index contributed by atoms with van der Waals surface area (Å²) in [6, 6.07) is 1.88. The molecule has 0 atom stereocenters. The van der Waals surface area contributed by atoms with Gasteiger partial charge in [0, 0.05) is 17.1 Å². The van der Waals surface area contributed by atoms with Gasteiger partial charge in [-0.1, -0.05) is 18.5 Å². The summed E-state index contributed by atoms with van der Waals surface area (Å²) in [5.41, 5.74) is 0.115. The van der Waals surface area contributed by atoms with E-state index in [-0.39, 0.29) is 10.7 Å². The van der Waals surface area contributed by atoms with Gasteiger partial charge in [-0.25, -0.2) is 13.8 Å². The van der Waals surface area contributed by atoms with Crippen molar-refractivity contribution in [3.63, 3.8) is 0 Å². The van der Waals surface area contributed by atoms with Crippen molar-refractivity contribution < 1.29 is 8.78 Å². The molecule has 0 unspecified atom stereocenters. The molecule has 2 aromatic rings. The Morgan fingerprint density at radius 2 is 2.17 bits per heavy atom. The standard InChI is InChI=1S/C12H11ClF2N2S/c1-2-11-16-5-8(18-11)6-17-12-9(13)3-7(14)4-10(12)15/h3-5,17H,2,6H2,1H3. The molecule has 2 rings (SSSR count). The van der Waals surface area contributed by atoms with Gasteiger partial charge in [-0.05, 0) is 12.5 Å². The number of rotatable bonds is 4. The molecule has 2 nitrogen and oxygen atoms in total. The third-order valence-corrected chi connectivity index (χ3v) is 3.79. The molecule has 6 heteroatoms. The highest BCUT2D eigenvalue weighted by molar-refractivity contribution is 7.11. The van der Waals surface area contributed by atoms with E-state index in [4.69, 9.17) is 11.6 Å². The van der Waals surface area contributed by atoms with Crippen molar-refractivity contribution >= 4 is 28.6 Å². The topological polar surface area (TPSA) is 24.9 Å². The highest BCUT2D eigenvalue weighted by Crippen LogP contribution is 2.27. The summed E-state index contributed by atoms with van der Waals surface area (Å²) in [5, 5.41) is 3.92. The molecule has 0 bridgehead atoms. The van der Waals surface area contributed by atoms with E-state index in [1.807, 2.05) is 6.92 Å². The van der Waals surface area contributed by atoms with Crippen molar-refractivity contribution in [2.75, 3.05) is 5.32 Å². The Labute approximate surface area is 113 Å². The van der Waals surface area contributed by atoms with E-state index in [0.717, 1.165) is 28.4 Å². The fraction of sp³-hybridized carbons (Fsp3) is 0.250. The van der Waals surface area contributed by atoms with Gasteiger partial charge >= 0.3 is 0 Å². The zero-order valence-corrected chi connectivity index (χ0v) is 11.2. The fourth-order valence-electron chi connectivity index (χ4n) is 1.48. The van der Waals surface area contributed by atoms with Gasteiger partial charge in [-0.3, -0.25) is 0 Å². The summed E-state index contributed by atoms with van der Waals surface area (Å²) in [7, 11) is 0. The van der Waals surface area contributed by atoms with Crippen LogP contribution in [-0.4, -0.2) is 4.98 Å². The zero-order valence-electron chi connectivity index (χ0n) is 9.64. The average Bonchev–Trinajstić information content (AvgIpc) is 2.75. The Hall–Kier alpha value is -1.20. The lowest BCUT2D eigenvalue weighted by Gasteiger charge is -2.08. The predicted molar refractivity (Wildman–Crippen MR) is 70.2 cm³/mol. The Balaban J connectivity index is 2.10. The van der Waals surface area contributed by atoms with Crippen LogP contribution in [0.3, 0.4) is 0 Å². The van der Waals surface area contributed by atoms with Crippen molar-refractivity contribution in [3.8, 4) is 0 Å². The maximum absolute atomic E-state index is 13.5. The summed E-state index contributed by atoms with van der Waals surface area (Å²) in [4.78, 5) is 5.18. The summed E-state index contributed by atoms with van der Waals surface area (Å²) in [6.45, 7) is 2.44. The second-order valence-corrected chi connectivity index (χ2v) is 5.28. The molecule has 1 aromatic carbocycles.